The van der Waals surface area contributed by atoms with Gasteiger partial charge in [0, 0.05) is 22.9 Å². The van der Waals surface area contributed by atoms with Crippen LogP contribution < -0.4 is 0 Å². The van der Waals surface area contributed by atoms with Crippen molar-refractivity contribution in [2.75, 3.05) is 0 Å². The molecular weight excluding hydrogens is 593 g/mol. The number of rotatable bonds is 16. The Morgan fingerprint density at radius 3 is 1.69 bits per heavy atom. The van der Waals surface area contributed by atoms with E-state index in [1.54, 1.807) is 6.07 Å². The number of thiol groups is 1. The molecule has 4 aromatic carbocycles. The van der Waals surface area contributed by atoms with Gasteiger partial charge >= 0.3 is 0 Å². The molecular formula is C40H50O3S2. The molecule has 4 aromatic rings. The SMILES string of the molecule is CCCCCCCCCCCCc1cccc(S(=O)(=O)[O-])c1[SH+]c1ccc(C(C)(C)C)c(-c2ccccc2)c1-c1ccccc1. The third-order valence-corrected chi connectivity index (χ3v) is 10.9. The molecule has 0 aliphatic rings. The van der Waals surface area contributed by atoms with E-state index in [1.807, 2.05) is 30.3 Å². The normalized spacial score (nSPS) is 12.0. The summed E-state index contributed by atoms with van der Waals surface area (Å²) in [6.07, 6.45) is 13.2. The summed E-state index contributed by atoms with van der Waals surface area (Å²) in [7, 11) is -4.66. The Morgan fingerprint density at radius 1 is 0.622 bits per heavy atom. The molecule has 0 aliphatic heterocycles. The number of aryl methyl sites for hydroxylation is 1. The first kappa shape index (κ1) is 35.0. The van der Waals surface area contributed by atoms with Crippen molar-refractivity contribution in [2.45, 2.75) is 118 Å². The fourth-order valence-corrected chi connectivity index (χ4v) is 8.48. The molecule has 0 radical (unpaired) electrons. The Balaban J connectivity index is 1.71. The second-order valence-corrected chi connectivity index (χ2v) is 15.6. The molecule has 0 bridgehead atoms. The van der Waals surface area contributed by atoms with Gasteiger partial charge in [-0.3, -0.25) is 0 Å². The molecule has 0 heterocycles. The maximum absolute atomic E-state index is 12.6. The fourth-order valence-electron chi connectivity index (χ4n) is 6.13. The molecule has 4 rings (SSSR count). The summed E-state index contributed by atoms with van der Waals surface area (Å²) >= 11 is 0.723. The van der Waals surface area contributed by atoms with Crippen molar-refractivity contribution in [3.8, 4) is 22.3 Å². The van der Waals surface area contributed by atoms with Gasteiger partial charge in [0.1, 0.15) is 15.0 Å². The predicted molar refractivity (Wildman–Crippen MR) is 191 cm³/mol. The van der Waals surface area contributed by atoms with E-state index in [0.717, 1.165) is 63.7 Å². The van der Waals surface area contributed by atoms with Gasteiger partial charge in [-0.05, 0) is 52.6 Å². The van der Waals surface area contributed by atoms with Gasteiger partial charge in [-0.25, -0.2) is 8.42 Å². The van der Waals surface area contributed by atoms with Crippen molar-refractivity contribution in [1.82, 2.24) is 0 Å². The lowest BCUT2D eigenvalue weighted by molar-refractivity contribution is 0.460. The van der Waals surface area contributed by atoms with Crippen molar-refractivity contribution in [3.63, 3.8) is 0 Å². The van der Waals surface area contributed by atoms with Crippen molar-refractivity contribution < 1.29 is 13.0 Å². The zero-order chi connectivity index (χ0) is 32.3. The first-order chi connectivity index (χ1) is 21.6. The largest absolute Gasteiger partial charge is 0.744 e. The average molecular weight is 643 g/mol. The van der Waals surface area contributed by atoms with Crippen LogP contribution in [0.2, 0.25) is 0 Å². The molecule has 0 atom stereocenters. The van der Waals surface area contributed by atoms with E-state index >= 15 is 0 Å². The first-order valence-electron chi connectivity index (χ1n) is 16.7. The molecule has 0 saturated heterocycles. The van der Waals surface area contributed by atoms with Crippen LogP contribution in [-0.4, -0.2) is 13.0 Å². The molecule has 45 heavy (non-hydrogen) atoms. The second-order valence-electron chi connectivity index (χ2n) is 13.1. The summed E-state index contributed by atoms with van der Waals surface area (Å²) in [5.74, 6) is 0. The predicted octanol–water partition coefficient (Wildman–Crippen LogP) is 10.9. The van der Waals surface area contributed by atoms with Gasteiger partial charge in [0.15, 0.2) is 9.79 Å². The second kappa shape index (κ2) is 16.6. The van der Waals surface area contributed by atoms with Crippen molar-refractivity contribution >= 4 is 21.9 Å². The van der Waals surface area contributed by atoms with E-state index in [4.69, 9.17) is 0 Å². The maximum Gasteiger partial charge on any atom is 0.178 e. The standard InChI is InChI=1S/C40H50O3S2/c1-5-6-7-8-9-10-11-12-13-16-26-33-27-21-28-36(45(41,42)43)39(33)44-35-30-29-34(40(2,3)4)37(31-22-17-14-18-23-31)38(35)32-24-19-15-20-25-32/h14-15,17-25,27-30H,5-13,16,26H2,1-4H3,(H,41,42,43). The highest BCUT2D eigenvalue weighted by Gasteiger charge is 2.29. The van der Waals surface area contributed by atoms with Crippen molar-refractivity contribution in [1.29, 1.82) is 0 Å². The van der Waals surface area contributed by atoms with Gasteiger partial charge in [-0.1, -0.05) is 164 Å². The number of unbranched alkanes of at least 4 members (excludes halogenated alkanes) is 9. The third kappa shape index (κ3) is 9.81. The Hall–Kier alpha value is -2.86. The highest BCUT2D eigenvalue weighted by atomic mass is 32.2. The van der Waals surface area contributed by atoms with Gasteiger partial charge in [0.05, 0.1) is 0 Å². The maximum atomic E-state index is 12.6. The van der Waals surface area contributed by atoms with Crippen LogP contribution in [0.5, 0.6) is 0 Å². The molecule has 240 valence electrons. The van der Waals surface area contributed by atoms with Crippen LogP contribution in [0.15, 0.2) is 106 Å². The molecule has 0 N–H and O–H groups in total. The molecule has 5 heteroatoms. The zero-order valence-corrected chi connectivity index (χ0v) is 29.2. The quantitative estimate of drug-likeness (QED) is 0.0529. The lowest BCUT2D eigenvalue weighted by Gasteiger charge is -2.26. The molecule has 0 unspecified atom stereocenters. The van der Waals surface area contributed by atoms with Crippen LogP contribution in [0.1, 0.15) is 103 Å². The van der Waals surface area contributed by atoms with Crippen LogP contribution in [0, 0.1) is 0 Å². The molecule has 0 saturated carbocycles. The Bertz CT molecular complexity index is 1610. The summed E-state index contributed by atoms with van der Waals surface area (Å²) in [6.45, 7) is 8.93. The van der Waals surface area contributed by atoms with Crippen LogP contribution in [0.25, 0.3) is 22.3 Å². The minimum absolute atomic E-state index is 0.103. The van der Waals surface area contributed by atoms with Crippen LogP contribution in [-0.2, 0) is 33.7 Å². The highest BCUT2D eigenvalue weighted by Crippen LogP contribution is 2.44. The van der Waals surface area contributed by atoms with Crippen molar-refractivity contribution in [3.05, 3.63) is 102 Å². The van der Waals surface area contributed by atoms with Gasteiger partial charge < -0.3 is 4.55 Å². The number of hydrogen-bond acceptors (Lipinski definition) is 3. The van der Waals surface area contributed by atoms with Crippen LogP contribution in [0.4, 0.5) is 0 Å². The molecule has 0 amide bonds. The summed E-state index contributed by atoms with van der Waals surface area (Å²) in [5.41, 5.74) is 6.48. The van der Waals surface area contributed by atoms with Gasteiger partial charge in [0.25, 0.3) is 0 Å². The Kier molecular flexibility index (Phi) is 12.9. The van der Waals surface area contributed by atoms with E-state index in [0.29, 0.717) is 4.90 Å². The fraction of sp³-hybridized carbons (Fsp3) is 0.400. The Morgan fingerprint density at radius 2 is 1.16 bits per heavy atom. The van der Waals surface area contributed by atoms with Gasteiger partial charge in [-0.2, -0.15) is 0 Å². The van der Waals surface area contributed by atoms with Crippen molar-refractivity contribution in [2.24, 2.45) is 0 Å². The van der Waals surface area contributed by atoms with E-state index in [-0.39, 0.29) is 10.3 Å². The summed E-state index contributed by atoms with van der Waals surface area (Å²) in [4.78, 5) is 1.51. The topological polar surface area (TPSA) is 57.2 Å². The minimum Gasteiger partial charge on any atom is -0.744 e. The molecule has 0 fully saturated rings. The molecule has 0 aliphatic carbocycles. The van der Waals surface area contributed by atoms with E-state index in [1.165, 1.54) is 63.0 Å². The Labute approximate surface area is 276 Å². The number of hydrogen-bond donors (Lipinski definition) is 0. The highest BCUT2D eigenvalue weighted by molar-refractivity contribution is 7.87. The summed E-state index contributed by atoms with van der Waals surface area (Å²) in [5, 5.41) is 0. The van der Waals surface area contributed by atoms with E-state index < -0.39 is 10.1 Å². The lowest BCUT2D eigenvalue weighted by Crippen LogP contribution is -2.14. The molecule has 3 nitrogen and oxygen atoms in total. The van der Waals surface area contributed by atoms with E-state index in [2.05, 4.69) is 76.2 Å². The molecule has 0 spiro atoms. The number of benzene rings is 4. The third-order valence-electron chi connectivity index (χ3n) is 8.50. The minimum atomic E-state index is -4.66. The average Bonchev–Trinajstić information content (AvgIpc) is 3.02. The summed E-state index contributed by atoms with van der Waals surface area (Å²) in [6, 6.07) is 30.3. The smallest absolute Gasteiger partial charge is 0.178 e. The first-order valence-corrected chi connectivity index (χ1v) is 19.0. The van der Waals surface area contributed by atoms with Gasteiger partial charge in [0.2, 0.25) is 0 Å². The van der Waals surface area contributed by atoms with E-state index in [9.17, 15) is 13.0 Å². The monoisotopic (exact) mass is 642 g/mol. The lowest BCUT2D eigenvalue weighted by atomic mass is 9.79. The van der Waals surface area contributed by atoms with Gasteiger partial charge in [-0.15, -0.1) is 0 Å². The molecule has 0 aromatic heterocycles. The van der Waals surface area contributed by atoms with Crippen LogP contribution >= 0.6 is 0 Å². The zero-order valence-electron chi connectivity index (χ0n) is 27.5. The van der Waals surface area contributed by atoms with Crippen LogP contribution in [0.3, 0.4) is 0 Å². The summed E-state index contributed by atoms with van der Waals surface area (Å²) < 4.78 is 37.8.